The Morgan fingerprint density at radius 1 is 1.12 bits per heavy atom. The summed E-state index contributed by atoms with van der Waals surface area (Å²) in [6, 6.07) is 5.17. The molecule has 0 radical (unpaired) electrons. The number of rotatable bonds is 12. The van der Waals surface area contributed by atoms with Crippen molar-refractivity contribution in [2.45, 2.75) is 84.9 Å². The van der Waals surface area contributed by atoms with Gasteiger partial charge in [0.05, 0.1) is 6.42 Å². The Labute approximate surface area is 202 Å². The zero-order chi connectivity index (χ0) is 25.9. The molecule has 0 aliphatic rings. The van der Waals surface area contributed by atoms with Gasteiger partial charge in [-0.15, -0.1) is 0 Å². The third kappa shape index (κ3) is 9.80. The molecule has 4 amide bonds. The normalized spacial score (nSPS) is 12.9. The van der Waals surface area contributed by atoms with Crippen molar-refractivity contribution in [3.8, 4) is 0 Å². The van der Waals surface area contributed by atoms with Crippen molar-refractivity contribution < 1.29 is 23.9 Å². The van der Waals surface area contributed by atoms with E-state index in [1.54, 1.807) is 26.8 Å². The molecule has 190 valence electrons. The highest BCUT2D eigenvalue weighted by atomic mass is 16.6. The predicted octanol–water partition coefficient (Wildman–Crippen LogP) is 2.96. The highest BCUT2D eigenvalue weighted by Crippen LogP contribution is 2.24. The Morgan fingerprint density at radius 2 is 1.79 bits per heavy atom. The lowest BCUT2D eigenvalue weighted by Crippen LogP contribution is -2.54. The summed E-state index contributed by atoms with van der Waals surface area (Å²) in [7, 11) is 0. The van der Waals surface area contributed by atoms with Crippen LogP contribution < -0.4 is 16.4 Å². The highest BCUT2D eigenvalue weighted by Gasteiger charge is 2.36. The molecule has 9 heteroatoms. The van der Waals surface area contributed by atoms with E-state index in [0.717, 1.165) is 18.4 Å². The molecule has 4 N–H and O–H groups in total. The minimum atomic E-state index is -1.27. The fourth-order valence-electron chi connectivity index (χ4n) is 3.46. The smallest absolute Gasteiger partial charge is 0.408 e. The quantitative estimate of drug-likeness (QED) is 0.399. The van der Waals surface area contributed by atoms with E-state index in [1.165, 1.54) is 4.90 Å². The molecule has 9 nitrogen and oxygen atoms in total. The van der Waals surface area contributed by atoms with Gasteiger partial charge in [0.25, 0.3) is 0 Å². The Balaban J connectivity index is 3.37. The van der Waals surface area contributed by atoms with Crippen molar-refractivity contribution in [1.82, 2.24) is 15.5 Å². The number of hydrogen-bond donors (Lipinski definition) is 3. The lowest BCUT2D eigenvalue weighted by Gasteiger charge is -2.34. The third-order valence-electron chi connectivity index (χ3n) is 4.89. The number of unbranched alkanes of at least 4 members (excludes halogenated alkanes) is 1. The van der Waals surface area contributed by atoms with Crippen molar-refractivity contribution in [3.05, 3.63) is 35.4 Å². The van der Waals surface area contributed by atoms with Gasteiger partial charge in [-0.25, -0.2) is 4.79 Å². The first kappa shape index (κ1) is 28.9. The molecule has 0 saturated heterocycles. The average Bonchev–Trinajstić information content (AvgIpc) is 2.71. The zero-order valence-corrected chi connectivity index (χ0v) is 21.3. The molecule has 0 heterocycles. The lowest BCUT2D eigenvalue weighted by atomic mass is 10.00. The van der Waals surface area contributed by atoms with Crippen LogP contribution in [0.5, 0.6) is 0 Å². The van der Waals surface area contributed by atoms with E-state index >= 15 is 0 Å². The monoisotopic (exact) mass is 476 g/mol. The molecule has 34 heavy (non-hydrogen) atoms. The molecule has 2 atom stereocenters. The Bertz CT molecular complexity index is 850. The second-order valence-electron chi connectivity index (χ2n) is 9.36. The maximum atomic E-state index is 13.7. The van der Waals surface area contributed by atoms with Gasteiger partial charge in [-0.2, -0.15) is 0 Å². The number of nitrogens with zero attached hydrogens (tertiary/aromatic N) is 1. The largest absolute Gasteiger partial charge is 0.444 e. The van der Waals surface area contributed by atoms with Crippen molar-refractivity contribution in [3.63, 3.8) is 0 Å². The molecule has 0 aromatic heterocycles. The van der Waals surface area contributed by atoms with Crippen molar-refractivity contribution >= 4 is 23.8 Å². The van der Waals surface area contributed by atoms with Crippen LogP contribution in [0.2, 0.25) is 0 Å². The summed E-state index contributed by atoms with van der Waals surface area (Å²) < 4.78 is 5.26. The van der Waals surface area contributed by atoms with Crippen LogP contribution in [0.15, 0.2) is 24.3 Å². The number of alkyl carbamates (subject to hydrolysis) is 1. The van der Waals surface area contributed by atoms with Gasteiger partial charge in [0.2, 0.25) is 17.7 Å². The van der Waals surface area contributed by atoms with E-state index in [1.807, 2.05) is 39.0 Å². The summed E-state index contributed by atoms with van der Waals surface area (Å²) in [6.07, 6.45) is 1.01. The number of hydrogen-bond acceptors (Lipinski definition) is 5. The second kappa shape index (κ2) is 13.6. The third-order valence-corrected chi connectivity index (χ3v) is 4.89. The lowest BCUT2D eigenvalue weighted by molar-refractivity contribution is -0.143. The summed E-state index contributed by atoms with van der Waals surface area (Å²) in [5.74, 6) is -1.66. The van der Waals surface area contributed by atoms with Crippen molar-refractivity contribution in [2.24, 2.45) is 5.73 Å². The van der Waals surface area contributed by atoms with E-state index < -0.39 is 42.0 Å². The van der Waals surface area contributed by atoms with E-state index in [-0.39, 0.29) is 12.5 Å². The van der Waals surface area contributed by atoms with Crippen LogP contribution in [0.25, 0.3) is 0 Å². The van der Waals surface area contributed by atoms with Crippen LogP contribution >= 0.6 is 0 Å². The summed E-state index contributed by atoms with van der Waals surface area (Å²) in [6.45, 7) is 11.6. The molecule has 0 spiro atoms. The highest BCUT2D eigenvalue weighted by molar-refractivity contribution is 5.94. The molecular weight excluding hydrogens is 436 g/mol. The summed E-state index contributed by atoms with van der Waals surface area (Å²) >= 11 is 0. The SMILES string of the molecule is CCCCNC(=O)C(c1cccc(C)c1)N(CCC)C(=O)C(CC(N)=O)NC(=O)OC(C)(C)C. The molecule has 1 rings (SSSR count). The molecule has 0 aliphatic carbocycles. The number of nitrogens with two attached hydrogens (primary N) is 1. The minimum absolute atomic E-state index is 0.240. The van der Waals surface area contributed by atoms with Crippen molar-refractivity contribution in [2.75, 3.05) is 13.1 Å². The predicted molar refractivity (Wildman–Crippen MR) is 131 cm³/mol. The van der Waals surface area contributed by atoms with Crippen LogP contribution in [-0.2, 0) is 19.1 Å². The standard InChI is InChI=1S/C25H40N4O5/c1-7-9-13-27-22(31)21(18-12-10-11-17(3)15-18)29(14-8-2)23(32)19(16-20(26)30)28-24(33)34-25(4,5)6/h10-12,15,19,21H,7-9,13-14,16H2,1-6H3,(H2,26,30)(H,27,31)(H,28,33). The minimum Gasteiger partial charge on any atom is -0.444 e. The number of aryl methyl sites for hydroxylation is 1. The number of benzene rings is 1. The van der Waals surface area contributed by atoms with Crippen molar-refractivity contribution in [1.29, 1.82) is 0 Å². The molecule has 0 aliphatic heterocycles. The summed E-state index contributed by atoms with van der Waals surface area (Å²) in [5.41, 5.74) is 6.16. The number of ether oxygens (including phenoxy) is 1. The van der Waals surface area contributed by atoms with Gasteiger partial charge in [0.15, 0.2) is 0 Å². The van der Waals surface area contributed by atoms with Crippen LogP contribution in [0.3, 0.4) is 0 Å². The van der Waals surface area contributed by atoms with Gasteiger partial charge in [-0.05, 0) is 46.1 Å². The van der Waals surface area contributed by atoms with E-state index in [2.05, 4.69) is 10.6 Å². The second-order valence-corrected chi connectivity index (χ2v) is 9.36. The number of amides is 4. The fraction of sp³-hybridized carbons (Fsp3) is 0.600. The van der Waals surface area contributed by atoms with Gasteiger partial charge in [0.1, 0.15) is 17.7 Å². The number of primary amides is 1. The molecule has 1 aromatic carbocycles. The molecule has 1 aromatic rings. The fourth-order valence-corrected chi connectivity index (χ4v) is 3.46. The molecule has 0 saturated carbocycles. The van der Waals surface area contributed by atoms with Gasteiger partial charge in [0, 0.05) is 13.1 Å². The van der Waals surface area contributed by atoms with Gasteiger partial charge < -0.3 is 26.0 Å². The Kier molecular flexibility index (Phi) is 11.5. The maximum absolute atomic E-state index is 13.7. The first-order chi connectivity index (χ1) is 15.9. The van der Waals surface area contributed by atoms with Crippen LogP contribution in [-0.4, -0.2) is 53.4 Å². The number of carbonyl (C=O) groups excluding carboxylic acids is 4. The Hall–Kier alpha value is -3.10. The Morgan fingerprint density at radius 3 is 2.32 bits per heavy atom. The summed E-state index contributed by atoms with van der Waals surface area (Å²) in [4.78, 5) is 52.5. The van der Waals surface area contributed by atoms with Gasteiger partial charge >= 0.3 is 6.09 Å². The topological polar surface area (TPSA) is 131 Å². The first-order valence-corrected chi connectivity index (χ1v) is 11.8. The van der Waals surface area contributed by atoms with Crippen LogP contribution in [0.4, 0.5) is 4.79 Å². The van der Waals surface area contributed by atoms with Gasteiger partial charge in [-0.3, -0.25) is 14.4 Å². The van der Waals surface area contributed by atoms with Crippen LogP contribution in [0, 0.1) is 6.92 Å². The molecule has 2 unspecified atom stereocenters. The summed E-state index contributed by atoms with van der Waals surface area (Å²) in [5, 5.41) is 5.38. The van der Waals surface area contributed by atoms with E-state index in [4.69, 9.17) is 10.5 Å². The maximum Gasteiger partial charge on any atom is 0.408 e. The average molecular weight is 477 g/mol. The zero-order valence-electron chi connectivity index (χ0n) is 21.3. The van der Waals surface area contributed by atoms with E-state index in [0.29, 0.717) is 18.5 Å². The molecular formula is C25H40N4O5. The van der Waals surface area contributed by atoms with E-state index in [9.17, 15) is 19.2 Å². The molecule has 0 bridgehead atoms. The molecule has 0 fully saturated rings. The number of carbonyl (C=O) groups is 4. The first-order valence-electron chi connectivity index (χ1n) is 11.8. The van der Waals surface area contributed by atoms with Crippen LogP contribution in [0.1, 0.15) is 77.5 Å². The number of nitrogens with one attached hydrogen (secondary N) is 2. The van der Waals surface area contributed by atoms with Gasteiger partial charge in [-0.1, -0.05) is 50.1 Å².